The molecule has 0 amide bonds. The van der Waals surface area contributed by atoms with Gasteiger partial charge in [0.25, 0.3) is 0 Å². The van der Waals surface area contributed by atoms with Crippen LogP contribution in [-0.4, -0.2) is 28.3 Å². The van der Waals surface area contributed by atoms with Crippen molar-refractivity contribution < 1.29 is 0 Å². The van der Waals surface area contributed by atoms with Gasteiger partial charge >= 0.3 is 45.3 Å². The molecular formula is C2H5SSn. The maximum absolute atomic E-state index is 3.94. The van der Waals surface area contributed by atoms with E-state index >= 15 is 0 Å². The molecule has 0 aliphatic heterocycles. The van der Waals surface area contributed by atoms with Crippen LogP contribution < -0.4 is 0 Å². The van der Waals surface area contributed by atoms with Gasteiger partial charge in [-0.2, -0.15) is 0 Å². The van der Waals surface area contributed by atoms with Gasteiger partial charge in [0.15, 0.2) is 0 Å². The third-order valence-corrected chi connectivity index (χ3v) is 2.25. The van der Waals surface area contributed by atoms with E-state index in [1.54, 1.807) is 22.5 Å². The molecule has 2 heteroatoms. The molecule has 3 radical (unpaired) electrons. The van der Waals surface area contributed by atoms with Gasteiger partial charge in [0.2, 0.25) is 0 Å². The topological polar surface area (TPSA) is 0 Å². The van der Waals surface area contributed by atoms with Crippen LogP contribution in [-0.2, 0) is 0 Å². The van der Waals surface area contributed by atoms with E-state index in [1.807, 2.05) is 0 Å². The van der Waals surface area contributed by atoms with Gasteiger partial charge in [-0.3, -0.25) is 0 Å². The van der Waals surface area contributed by atoms with Gasteiger partial charge in [0, 0.05) is 0 Å². The van der Waals surface area contributed by atoms with Crippen LogP contribution in [0.1, 0.15) is 0 Å². The van der Waals surface area contributed by atoms with Crippen molar-refractivity contribution in [2.45, 2.75) is 4.44 Å². The Morgan fingerprint density at radius 2 is 2.00 bits per heavy atom. The Morgan fingerprint density at radius 1 is 1.75 bits per heavy atom. The van der Waals surface area contributed by atoms with Crippen LogP contribution in [0.2, 0.25) is 4.44 Å². The number of rotatable bonds is 1. The van der Waals surface area contributed by atoms with Crippen molar-refractivity contribution in [2.75, 3.05) is 5.75 Å². The van der Waals surface area contributed by atoms with Crippen molar-refractivity contribution in [3.8, 4) is 0 Å². The standard InChI is InChI=1S/C2H5S.Sn/c1-2-3;/h3H,1-2H2;. The average Bonchev–Trinajstić information content (AvgIpc) is 1.37. The molecule has 0 nitrogen and oxygen atoms in total. The molecule has 0 fully saturated rings. The van der Waals surface area contributed by atoms with Gasteiger partial charge in [-0.05, 0) is 0 Å². The van der Waals surface area contributed by atoms with Gasteiger partial charge < -0.3 is 0 Å². The van der Waals surface area contributed by atoms with Gasteiger partial charge in [-0.15, -0.1) is 0 Å². The predicted molar refractivity (Wildman–Crippen MR) is 24.4 cm³/mol. The first-order valence-electron chi connectivity index (χ1n) is 1.17. The van der Waals surface area contributed by atoms with Crippen LogP contribution in [0.25, 0.3) is 0 Å². The summed E-state index contributed by atoms with van der Waals surface area (Å²) in [7, 11) is 0. The zero-order valence-corrected chi connectivity index (χ0v) is 6.11. The normalized spacial score (nSPS) is 7.50. The molecule has 0 heterocycles. The van der Waals surface area contributed by atoms with Crippen molar-refractivity contribution in [1.82, 2.24) is 0 Å². The molecule has 23 valence electrons. The molecule has 0 saturated heterocycles. The van der Waals surface area contributed by atoms with Crippen LogP contribution in [0, 0.1) is 0 Å². The molecule has 0 unspecified atom stereocenters. The van der Waals surface area contributed by atoms with Crippen molar-refractivity contribution in [3.63, 3.8) is 0 Å². The van der Waals surface area contributed by atoms with Gasteiger partial charge in [-0.1, -0.05) is 0 Å². The van der Waals surface area contributed by atoms with E-state index in [0.717, 1.165) is 5.75 Å². The second-order valence-electron chi connectivity index (χ2n) is 0.474. The summed E-state index contributed by atoms with van der Waals surface area (Å²) in [6, 6.07) is 0. The molecule has 0 saturated carbocycles. The minimum atomic E-state index is 1.05. The number of hydrogen-bond donors (Lipinski definition) is 1. The minimum absolute atomic E-state index is 1.05. The van der Waals surface area contributed by atoms with Crippen molar-refractivity contribution in [2.24, 2.45) is 0 Å². The quantitative estimate of drug-likeness (QED) is 0.440. The molecule has 0 aromatic rings. The van der Waals surface area contributed by atoms with E-state index in [2.05, 4.69) is 12.6 Å². The van der Waals surface area contributed by atoms with Gasteiger partial charge in [0.1, 0.15) is 0 Å². The Morgan fingerprint density at radius 3 is 2.00 bits per heavy atom. The molecule has 0 aliphatic rings. The Balaban J connectivity index is 1.97. The Bertz CT molecular complexity index is 8.00. The summed E-state index contributed by atoms with van der Waals surface area (Å²) in [6.45, 7) is 0. The first kappa shape index (κ1) is 5.15. The molecule has 0 N–H and O–H groups in total. The van der Waals surface area contributed by atoms with E-state index in [-0.39, 0.29) is 0 Å². The number of hydrogen-bond acceptors (Lipinski definition) is 1. The van der Waals surface area contributed by atoms with Crippen LogP contribution in [0.5, 0.6) is 0 Å². The SMILES string of the molecule is SC[CH2][Sn]. The summed E-state index contributed by atoms with van der Waals surface area (Å²) in [5, 5.41) is 0. The van der Waals surface area contributed by atoms with Gasteiger partial charge in [-0.25, -0.2) is 0 Å². The predicted octanol–water partition coefficient (Wildman–Crippen LogP) is 0.503. The van der Waals surface area contributed by atoms with E-state index < -0.39 is 0 Å². The van der Waals surface area contributed by atoms with Crippen LogP contribution in [0.3, 0.4) is 0 Å². The molecule has 4 heavy (non-hydrogen) atoms. The molecule has 0 bridgehead atoms. The van der Waals surface area contributed by atoms with E-state index in [4.69, 9.17) is 0 Å². The van der Waals surface area contributed by atoms with Crippen LogP contribution >= 0.6 is 12.6 Å². The van der Waals surface area contributed by atoms with Crippen LogP contribution in [0.15, 0.2) is 0 Å². The maximum atomic E-state index is 3.94. The third kappa shape index (κ3) is 3.15. The molecule has 0 atom stereocenters. The Kier molecular flexibility index (Phi) is 5.34. The van der Waals surface area contributed by atoms with Crippen molar-refractivity contribution >= 4 is 35.2 Å². The third-order valence-electron chi connectivity index (χ3n) is 0.112. The first-order valence-corrected chi connectivity index (χ1v) is 3.82. The summed E-state index contributed by atoms with van der Waals surface area (Å²) >= 11 is 5.53. The number of thiol groups is 1. The Hall–Kier alpha value is 1.15. The summed E-state index contributed by atoms with van der Waals surface area (Å²) in [5.74, 6) is 1.05. The Labute approximate surface area is 45.5 Å². The van der Waals surface area contributed by atoms with Gasteiger partial charge in [0.05, 0.1) is 0 Å². The second kappa shape index (κ2) is 4.15. The summed E-state index contributed by atoms with van der Waals surface area (Å²) in [6.07, 6.45) is 0. The fraction of sp³-hybridized carbons (Fsp3) is 1.00. The van der Waals surface area contributed by atoms with Crippen LogP contribution in [0.4, 0.5) is 0 Å². The average molecular weight is 180 g/mol. The fourth-order valence-electron chi connectivity index (χ4n) is 0. The van der Waals surface area contributed by atoms with E-state index in [1.165, 1.54) is 4.44 Å². The van der Waals surface area contributed by atoms with E-state index in [0.29, 0.717) is 0 Å². The molecule has 0 aromatic heterocycles. The molecule has 0 rings (SSSR count). The van der Waals surface area contributed by atoms with Crippen molar-refractivity contribution in [3.05, 3.63) is 0 Å². The molecular weight excluding hydrogens is 175 g/mol. The molecule has 0 spiro atoms. The van der Waals surface area contributed by atoms with Crippen molar-refractivity contribution in [1.29, 1.82) is 0 Å². The van der Waals surface area contributed by atoms with E-state index in [9.17, 15) is 0 Å². The summed E-state index contributed by atoms with van der Waals surface area (Å²) in [5.41, 5.74) is 0. The zero-order valence-electron chi connectivity index (χ0n) is 2.36. The summed E-state index contributed by atoms with van der Waals surface area (Å²) < 4.78 is 1.27. The fourth-order valence-corrected chi connectivity index (χ4v) is 0. The second-order valence-corrected chi connectivity index (χ2v) is 2.35. The molecule has 0 aromatic carbocycles. The first-order chi connectivity index (χ1) is 1.91. The summed E-state index contributed by atoms with van der Waals surface area (Å²) in [4.78, 5) is 0. The monoisotopic (exact) mass is 181 g/mol. The molecule has 0 aliphatic carbocycles. The zero-order chi connectivity index (χ0) is 3.41.